The molecule has 27 heavy (non-hydrogen) atoms. The molecular formula is C19H21F3N4O. The van der Waals surface area contributed by atoms with Crippen LogP contribution >= 0.6 is 0 Å². The smallest absolute Gasteiger partial charge is 0.356 e. The lowest BCUT2D eigenvalue weighted by Gasteiger charge is -2.33. The van der Waals surface area contributed by atoms with Crippen molar-refractivity contribution in [1.29, 1.82) is 0 Å². The number of halogens is 3. The van der Waals surface area contributed by atoms with Crippen molar-refractivity contribution >= 4 is 11.7 Å². The van der Waals surface area contributed by atoms with Gasteiger partial charge in [0.1, 0.15) is 5.82 Å². The highest BCUT2D eigenvalue weighted by Crippen LogP contribution is 2.31. The number of rotatable bonds is 4. The van der Waals surface area contributed by atoms with E-state index in [-0.39, 0.29) is 5.91 Å². The van der Waals surface area contributed by atoms with Crippen molar-refractivity contribution < 1.29 is 18.0 Å². The first-order chi connectivity index (χ1) is 12.8. The van der Waals surface area contributed by atoms with E-state index in [1.54, 1.807) is 0 Å². The van der Waals surface area contributed by atoms with Crippen LogP contribution in [-0.2, 0) is 17.5 Å². The zero-order valence-corrected chi connectivity index (χ0v) is 15.0. The molecule has 0 bridgehead atoms. The average Bonchev–Trinajstić information content (AvgIpc) is 2.66. The van der Waals surface area contributed by atoms with Gasteiger partial charge in [0.2, 0.25) is 11.7 Å². The van der Waals surface area contributed by atoms with Crippen LogP contribution in [0.2, 0.25) is 0 Å². The molecule has 1 aliphatic rings. The first-order valence-electron chi connectivity index (χ1n) is 8.81. The van der Waals surface area contributed by atoms with E-state index in [1.807, 2.05) is 17.0 Å². The number of hydrogen-bond donors (Lipinski definition) is 1. The lowest BCUT2D eigenvalue weighted by molar-refractivity contribution is -0.144. The van der Waals surface area contributed by atoms with Crippen molar-refractivity contribution in [2.24, 2.45) is 0 Å². The Kier molecular flexibility index (Phi) is 5.62. The third kappa shape index (κ3) is 4.96. The molecule has 0 unspecified atom stereocenters. The summed E-state index contributed by atoms with van der Waals surface area (Å²) in [7, 11) is 0. The van der Waals surface area contributed by atoms with E-state index >= 15 is 0 Å². The van der Waals surface area contributed by atoms with Crippen LogP contribution in [0.25, 0.3) is 0 Å². The van der Waals surface area contributed by atoms with Gasteiger partial charge in [-0.3, -0.25) is 4.79 Å². The second-order valence-electron chi connectivity index (χ2n) is 6.65. The molecule has 2 aromatic rings. The van der Waals surface area contributed by atoms with Gasteiger partial charge in [-0.2, -0.15) is 13.2 Å². The standard InChI is InChI=1S/C19H21F3N4O/c1-13(27)24-12-14-2-4-15(5-3-14)16-7-10-26(11-8-16)17-6-9-23-18(25-17)19(20,21)22/h2-6,9,16H,7-8,10-12H2,1H3,(H,24,27). The van der Waals surface area contributed by atoms with E-state index in [1.165, 1.54) is 18.6 Å². The number of benzene rings is 1. The van der Waals surface area contributed by atoms with Gasteiger partial charge >= 0.3 is 6.18 Å². The molecule has 1 aromatic carbocycles. The summed E-state index contributed by atoms with van der Waals surface area (Å²) >= 11 is 0. The Hall–Kier alpha value is -2.64. The maximum atomic E-state index is 12.8. The van der Waals surface area contributed by atoms with Gasteiger partial charge in [0, 0.05) is 32.8 Å². The predicted molar refractivity (Wildman–Crippen MR) is 95.2 cm³/mol. The molecule has 2 heterocycles. The SMILES string of the molecule is CC(=O)NCc1ccc(C2CCN(c3ccnc(C(F)(F)F)n3)CC2)cc1. The number of carbonyl (C=O) groups is 1. The average molecular weight is 378 g/mol. The number of piperidine rings is 1. The summed E-state index contributed by atoms with van der Waals surface area (Å²) in [5.41, 5.74) is 2.24. The number of amides is 1. The fourth-order valence-corrected chi connectivity index (χ4v) is 3.24. The van der Waals surface area contributed by atoms with Gasteiger partial charge in [0.15, 0.2) is 0 Å². The van der Waals surface area contributed by atoms with Crippen molar-refractivity contribution in [1.82, 2.24) is 15.3 Å². The van der Waals surface area contributed by atoms with E-state index in [2.05, 4.69) is 27.4 Å². The van der Waals surface area contributed by atoms with E-state index in [4.69, 9.17) is 0 Å². The van der Waals surface area contributed by atoms with Crippen molar-refractivity contribution in [2.45, 2.75) is 38.4 Å². The monoisotopic (exact) mass is 378 g/mol. The molecule has 1 fully saturated rings. The summed E-state index contributed by atoms with van der Waals surface area (Å²) in [5, 5.41) is 2.76. The molecule has 3 rings (SSSR count). The molecule has 8 heteroatoms. The summed E-state index contributed by atoms with van der Waals surface area (Å²) in [5.74, 6) is -0.483. The number of hydrogen-bond acceptors (Lipinski definition) is 4. The third-order valence-corrected chi connectivity index (χ3v) is 4.71. The highest BCUT2D eigenvalue weighted by atomic mass is 19.4. The number of anilines is 1. The van der Waals surface area contributed by atoms with Crippen LogP contribution in [0.1, 0.15) is 42.6 Å². The van der Waals surface area contributed by atoms with Crippen LogP contribution in [0.5, 0.6) is 0 Å². The molecule has 0 saturated carbocycles. The van der Waals surface area contributed by atoms with Crippen LogP contribution in [0, 0.1) is 0 Å². The lowest BCUT2D eigenvalue weighted by atomic mass is 9.89. The van der Waals surface area contributed by atoms with Crippen LogP contribution in [-0.4, -0.2) is 29.0 Å². The number of aromatic nitrogens is 2. The van der Waals surface area contributed by atoms with Gasteiger partial charge in [0.05, 0.1) is 0 Å². The predicted octanol–water partition coefficient (Wildman–Crippen LogP) is 3.52. The number of nitrogens with one attached hydrogen (secondary N) is 1. The molecule has 1 saturated heterocycles. The van der Waals surface area contributed by atoms with Crippen LogP contribution < -0.4 is 10.2 Å². The van der Waals surface area contributed by atoms with Crippen LogP contribution in [0.3, 0.4) is 0 Å². The highest BCUT2D eigenvalue weighted by molar-refractivity contribution is 5.72. The molecule has 144 valence electrons. The van der Waals surface area contributed by atoms with Crippen molar-refractivity contribution in [3.05, 3.63) is 53.5 Å². The molecule has 1 aromatic heterocycles. The number of alkyl halides is 3. The quantitative estimate of drug-likeness (QED) is 0.885. The van der Waals surface area contributed by atoms with Gasteiger partial charge in [0.25, 0.3) is 0 Å². The summed E-state index contributed by atoms with van der Waals surface area (Å²) in [4.78, 5) is 19.8. The molecule has 0 radical (unpaired) electrons. The first kappa shape index (κ1) is 19.1. The van der Waals surface area contributed by atoms with Gasteiger partial charge < -0.3 is 10.2 Å². The van der Waals surface area contributed by atoms with Crippen molar-refractivity contribution in [3.63, 3.8) is 0 Å². The summed E-state index contributed by atoms with van der Waals surface area (Å²) in [6, 6.07) is 9.63. The highest BCUT2D eigenvalue weighted by Gasteiger charge is 2.35. The Morgan fingerprint density at radius 1 is 1.19 bits per heavy atom. The van der Waals surface area contributed by atoms with E-state index < -0.39 is 12.0 Å². The summed E-state index contributed by atoms with van der Waals surface area (Å²) in [6.07, 6.45) is -1.69. The second kappa shape index (κ2) is 7.94. The third-order valence-electron chi connectivity index (χ3n) is 4.71. The summed E-state index contributed by atoms with van der Waals surface area (Å²) < 4.78 is 38.4. The van der Waals surface area contributed by atoms with E-state index in [9.17, 15) is 18.0 Å². The second-order valence-corrected chi connectivity index (χ2v) is 6.65. The molecule has 0 spiro atoms. The van der Waals surface area contributed by atoms with Crippen molar-refractivity contribution in [3.8, 4) is 0 Å². The topological polar surface area (TPSA) is 58.1 Å². The minimum absolute atomic E-state index is 0.0650. The molecule has 1 N–H and O–H groups in total. The fourth-order valence-electron chi connectivity index (χ4n) is 3.24. The minimum atomic E-state index is -4.53. The Labute approximate surface area is 155 Å². The first-order valence-corrected chi connectivity index (χ1v) is 8.81. The van der Waals surface area contributed by atoms with Gasteiger partial charge in [-0.05, 0) is 36.0 Å². The van der Waals surface area contributed by atoms with Crippen LogP contribution in [0.4, 0.5) is 19.0 Å². The maximum Gasteiger partial charge on any atom is 0.451 e. The normalized spacial score (nSPS) is 15.6. The largest absolute Gasteiger partial charge is 0.451 e. The van der Waals surface area contributed by atoms with E-state index in [0.717, 1.165) is 24.6 Å². The summed E-state index contributed by atoms with van der Waals surface area (Å²) in [6.45, 7) is 3.28. The molecule has 0 aliphatic carbocycles. The van der Waals surface area contributed by atoms with Crippen molar-refractivity contribution in [2.75, 3.05) is 18.0 Å². The van der Waals surface area contributed by atoms with Crippen LogP contribution in [0.15, 0.2) is 36.5 Å². The Bertz CT molecular complexity index is 784. The van der Waals surface area contributed by atoms with E-state index in [0.29, 0.717) is 31.4 Å². The fraction of sp³-hybridized carbons (Fsp3) is 0.421. The van der Waals surface area contributed by atoms with Gasteiger partial charge in [-0.15, -0.1) is 0 Å². The zero-order valence-electron chi connectivity index (χ0n) is 15.0. The number of nitrogens with zero attached hydrogens (tertiary/aromatic N) is 3. The number of carbonyl (C=O) groups excluding carboxylic acids is 1. The minimum Gasteiger partial charge on any atom is -0.356 e. The Balaban J connectivity index is 1.60. The lowest BCUT2D eigenvalue weighted by Crippen LogP contribution is -2.34. The molecule has 0 atom stereocenters. The molecule has 1 aliphatic heterocycles. The molecule has 5 nitrogen and oxygen atoms in total. The Morgan fingerprint density at radius 3 is 2.44 bits per heavy atom. The maximum absolute atomic E-state index is 12.8. The Morgan fingerprint density at radius 2 is 1.85 bits per heavy atom. The van der Waals surface area contributed by atoms with Gasteiger partial charge in [-0.1, -0.05) is 24.3 Å². The zero-order chi connectivity index (χ0) is 19.4. The molecule has 1 amide bonds. The molecular weight excluding hydrogens is 357 g/mol. The van der Waals surface area contributed by atoms with Gasteiger partial charge in [-0.25, -0.2) is 9.97 Å².